The Morgan fingerprint density at radius 2 is 0.800 bits per heavy atom. The minimum absolute atomic E-state index is 0.0234. The fraction of sp³-hybridized carbons (Fsp3) is 0.0625. The molecule has 2 nitrogen and oxygen atoms in total. The molecule has 0 heterocycles. The second-order valence-electron chi connectivity index (χ2n) is 9.80. The van der Waals surface area contributed by atoms with Crippen molar-refractivity contribution in [2.75, 3.05) is 10.6 Å². The van der Waals surface area contributed by atoms with Crippen molar-refractivity contribution < 1.29 is 26.3 Å². The smallest absolute Gasteiger partial charge is 0.197 e. The van der Waals surface area contributed by atoms with Crippen LogP contribution in [-0.2, 0) is 12.8 Å². The van der Waals surface area contributed by atoms with Crippen LogP contribution in [0.25, 0.3) is 22.3 Å². The highest BCUT2D eigenvalue weighted by Gasteiger charge is 2.33. The van der Waals surface area contributed by atoms with Gasteiger partial charge in [-0.1, -0.05) is 60.7 Å². The molecule has 0 atom stereocenters. The topological polar surface area (TPSA) is 24.1 Å². The largest absolute Gasteiger partial charge is 0.351 e. The van der Waals surface area contributed by atoms with E-state index < -0.39 is 34.9 Å². The maximum Gasteiger partial charge on any atom is 0.197 e. The molecule has 7 rings (SSSR count). The lowest BCUT2D eigenvalue weighted by atomic mass is 10.0. The van der Waals surface area contributed by atoms with Crippen LogP contribution < -0.4 is 10.6 Å². The molecular weight excluding hydrogens is 526 g/mol. The summed E-state index contributed by atoms with van der Waals surface area (Å²) in [7, 11) is 0. The fourth-order valence-electron chi connectivity index (χ4n) is 5.78. The monoisotopic (exact) mass is 544 g/mol. The van der Waals surface area contributed by atoms with Crippen molar-refractivity contribution in [2.24, 2.45) is 0 Å². The Kier molecular flexibility index (Phi) is 5.42. The van der Waals surface area contributed by atoms with Gasteiger partial charge in [0.1, 0.15) is 0 Å². The standard InChI is InChI=1S/C32H18F6N2/c33-25-23-17-9-3-1-7-15(17)13-19(23)31(29(37)27(25)35)39-21-11-5-6-12-22(21)40-32-20-14-16-8-2-4-10-18(16)24(20)26(34)28(36)30(32)38/h1-12,39-40H,13-14H2. The van der Waals surface area contributed by atoms with Crippen LogP contribution in [0.3, 0.4) is 0 Å². The van der Waals surface area contributed by atoms with Crippen molar-refractivity contribution in [3.8, 4) is 22.3 Å². The Morgan fingerprint density at radius 3 is 1.23 bits per heavy atom. The molecule has 5 aromatic carbocycles. The molecule has 0 spiro atoms. The van der Waals surface area contributed by atoms with Crippen molar-refractivity contribution in [1.82, 2.24) is 0 Å². The van der Waals surface area contributed by atoms with Crippen LogP contribution in [0.2, 0.25) is 0 Å². The summed E-state index contributed by atoms with van der Waals surface area (Å²) >= 11 is 0. The zero-order valence-corrected chi connectivity index (χ0v) is 20.6. The third kappa shape index (κ3) is 3.45. The first-order chi connectivity index (χ1) is 19.3. The van der Waals surface area contributed by atoms with E-state index in [4.69, 9.17) is 0 Å². The minimum Gasteiger partial charge on any atom is -0.351 e. The van der Waals surface area contributed by atoms with Crippen LogP contribution in [0.15, 0.2) is 72.8 Å². The van der Waals surface area contributed by atoms with Gasteiger partial charge in [0, 0.05) is 24.0 Å². The Hall–Kier alpha value is -4.72. The fourth-order valence-corrected chi connectivity index (χ4v) is 5.78. The number of halogens is 6. The highest BCUT2D eigenvalue weighted by Crippen LogP contribution is 2.47. The number of anilines is 4. The van der Waals surface area contributed by atoms with Crippen molar-refractivity contribution in [2.45, 2.75) is 12.8 Å². The number of hydrogen-bond acceptors (Lipinski definition) is 2. The van der Waals surface area contributed by atoms with E-state index in [1.807, 2.05) is 0 Å². The van der Waals surface area contributed by atoms with E-state index in [-0.39, 0.29) is 57.8 Å². The SMILES string of the molecule is Fc1c(F)c(Nc2ccccc2Nc2c(F)c(F)c(F)c3c2Cc2ccccc2-3)c2c(c1F)-c1ccccc1C2. The molecule has 0 radical (unpaired) electrons. The average molecular weight is 544 g/mol. The molecule has 2 aliphatic rings. The van der Waals surface area contributed by atoms with Crippen LogP contribution in [0.4, 0.5) is 49.1 Å². The molecule has 0 saturated heterocycles. The van der Waals surface area contributed by atoms with Gasteiger partial charge in [-0.05, 0) is 45.5 Å². The highest BCUT2D eigenvalue weighted by atomic mass is 19.2. The van der Waals surface area contributed by atoms with E-state index in [0.29, 0.717) is 11.1 Å². The maximum absolute atomic E-state index is 15.2. The first kappa shape index (κ1) is 24.3. The van der Waals surface area contributed by atoms with E-state index in [1.165, 1.54) is 12.1 Å². The molecule has 0 fully saturated rings. The van der Waals surface area contributed by atoms with Gasteiger partial charge in [-0.25, -0.2) is 26.3 Å². The maximum atomic E-state index is 15.2. The zero-order chi connectivity index (χ0) is 27.7. The van der Waals surface area contributed by atoms with Gasteiger partial charge in [-0.2, -0.15) is 0 Å². The number of fused-ring (bicyclic) bond motifs is 6. The lowest BCUT2D eigenvalue weighted by Gasteiger charge is -2.19. The zero-order valence-electron chi connectivity index (χ0n) is 20.6. The highest BCUT2D eigenvalue weighted by molar-refractivity contribution is 5.89. The van der Waals surface area contributed by atoms with Gasteiger partial charge >= 0.3 is 0 Å². The van der Waals surface area contributed by atoms with Crippen LogP contribution in [0, 0.1) is 34.9 Å². The van der Waals surface area contributed by atoms with Crippen LogP contribution in [0.1, 0.15) is 22.3 Å². The predicted molar refractivity (Wildman–Crippen MR) is 142 cm³/mol. The quantitative estimate of drug-likeness (QED) is 0.171. The van der Waals surface area contributed by atoms with Gasteiger partial charge in [0.05, 0.1) is 22.7 Å². The lowest BCUT2D eigenvalue weighted by Crippen LogP contribution is -2.08. The third-order valence-electron chi connectivity index (χ3n) is 7.61. The molecule has 0 unspecified atom stereocenters. The van der Waals surface area contributed by atoms with Crippen LogP contribution in [-0.4, -0.2) is 0 Å². The summed E-state index contributed by atoms with van der Waals surface area (Å²) in [6.45, 7) is 0. The summed E-state index contributed by atoms with van der Waals surface area (Å²) in [6.07, 6.45) is 0.336. The summed E-state index contributed by atoms with van der Waals surface area (Å²) < 4.78 is 89.8. The first-order valence-electron chi connectivity index (χ1n) is 12.5. The van der Waals surface area contributed by atoms with Crippen molar-refractivity contribution in [3.05, 3.63) is 130 Å². The molecule has 40 heavy (non-hydrogen) atoms. The van der Waals surface area contributed by atoms with Gasteiger partial charge in [-0.3, -0.25) is 0 Å². The van der Waals surface area contributed by atoms with E-state index in [0.717, 1.165) is 11.1 Å². The minimum atomic E-state index is -1.62. The number of benzene rings is 5. The summed E-state index contributed by atoms with van der Waals surface area (Å²) in [5.74, 6) is -8.57. The summed E-state index contributed by atoms with van der Waals surface area (Å²) in [4.78, 5) is 0. The molecule has 0 aliphatic heterocycles. The molecule has 0 aromatic heterocycles. The second-order valence-corrected chi connectivity index (χ2v) is 9.80. The van der Waals surface area contributed by atoms with Gasteiger partial charge in [0.15, 0.2) is 34.9 Å². The third-order valence-corrected chi connectivity index (χ3v) is 7.61. The Balaban J connectivity index is 1.33. The van der Waals surface area contributed by atoms with Crippen molar-refractivity contribution in [3.63, 3.8) is 0 Å². The molecule has 2 aliphatic carbocycles. The molecule has 0 bridgehead atoms. The molecule has 8 heteroatoms. The Bertz CT molecular complexity index is 1750. The van der Waals surface area contributed by atoms with E-state index in [9.17, 15) is 17.6 Å². The van der Waals surface area contributed by atoms with Crippen molar-refractivity contribution in [1.29, 1.82) is 0 Å². The molecular formula is C32H18F6N2. The van der Waals surface area contributed by atoms with E-state index in [1.54, 1.807) is 60.7 Å². The number of rotatable bonds is 4. The Morgan fingerprint density at radius 1 is 0.425 bits per heavy atom. The number of para-hydroxylation sites is 2. The Labute approximate surface area is 224 Å². The normalized spacial score (nSPS) is 12.6. The van der Waals surface area contributed by atoms with E-state index >= 15 is 8.78 Å². The van der Waals surface area contributed by atoms with Gasteiger partial charge in [0.2, 0.25) is 0 Å². The summed E-state index contributed by atoms with van der Waals surface area (Å²) in [5.41, 5.74) is 2.68. The average Bonchev–Trinajstić information content (AvgIpc) is 3.55. The van der Waals surface area contributed by atoms with Gasteiger partial charge in [0.25, 0.3) is 0 Å². The molecule has 2 N–H and O–H groups in total. The molecule has 5 aromatic rings. The van der Waals surface area contributed by atoms with Crippen LogP contribution >= 0.6 is 0 Å². The molecule has 0 saturated carbocycles. The van der Waals surface area contributed by atoms with Crippen LogP contribution in [0.5, 0.6) is 0 Å². The lowest BCUT2D eigenvalue weighted by molar-refractivity contribution is 0.450. The second kappa shape index (κ2) is 8.91. The van der Waals surface area contributed by atoms with E-state index in [2.05, 4.69) is 10.6 Å². The first-order valence-corrected chi connectivity index (χ1v) is 12.5. The summed E-state index contributed by atoms with van der Waals surface area (Å²) in [6, 6.07) is 20.0. The van der Waals surface area contributed by atoms with Gasteiger partial charge < -0.3 is 10.6 Å². The van der Waals surface area contributed by atoms with Gasteiger partial charge in [-0.15, -0.1) is 0 Å². The predicted octanol–water partition coefficient (Wildman–Crippen LogP) is 9.15. The molecule has 198 valence electrons. The number of nitrogens with one attached hydrogen (secondary N) is 2. The van der Waals surface area contributed by atoms with Crippen molar-refractivity contribution >= 4 is 22.7 Å². The number of hydrogen-bond donors (Lipinski definition) is 2. The summed E-state index contributed by atoms with van der Waals surface area (Å²) in [5, 5.41) is 5.72. The molecule has 0 amide bonds.